The maximum absolute atomic E-state index is 5.69. The van der Waals surface area contributed by atoms with Crippen molar-refractivity contribution in [2.24, 2.45) is 0 Å². The van der Waals surface area contributed by atoms with Gasteiger partial charge in [0.15, 0.2) is 3.61 Å². The van der Waals surface area contributed by atoms with Crippen LogP contribution in [-0.2, 0) is 13.4 Å². The zero-order valence-corrected chi connectivity index (χ0v) is 9.95. The second kappa shape index (κ2) is 3.63. The Kier molecular flexibility index (Phi) is 2.63. The van der Waals surface area contributed by atoms with Crippen LogP contribution >= 0.6 is 22.6 Å². The van der Waals surface area contributed by atoms with Gasteiger partial charge in [-0.15, -0.1) is 0 Å². The standard InChI is InChI=1S/C9H11IN2O2/c1-6-4-8(12-5-7(6)11)9(10)2-3-13-14-9/h4-5H,2-3,11H2,1H3. The second-order valence-electron chi connectivity index (χ2n) is 3.31. The highest BCUT2D eigenvalue weighted by atomic mass is 127. The van der Waals surface area contributed by atoms with E-state index in [0.717, 1.165) is 17.7 Å². The van der Waals surface area contributed by atoms with Gasteiger partial charge in [-0.3, -0.25) is 4.98 Å². The predicted molar refractivity (Wildman–Crippen MR) is 60.7 cm³/mol. The lowest BCUT2D eigenvalue weighted by Gasteiger charge is -2.17. The van der Waals surface area contributed by atoms with Crippen molar-refractivity contribution in [3.8, 4) is 0 Å². The molecule has 0 bridgehead atoms. The van der Waals surface area contributed by atoms with E-state index in [1.807, 2.05) is 13.0 Å². The average molecular weight is 306 g/mol. The molecule has 5 heteroatoms. The molecule has 0 spiro atoms. The van der Waals surface area contributed by atoms with Crippen molar-refractivity contribution >= 4 is 28.3 Å². The number of anilines is 1. The number of aryl methyl sites for hydroxylation is 1. The van der Waals surface area contributed by atoms with E-state index in [2.05, 4.69) is 27.6 Å². The summed E-state index contributed by atoms with van der Waals surface area (Å²) < 4.78 is -0.448. The van der Waals surface area contributed by atoms with Gasteiger partial charge >= 0.3 is 0 Å². The van der Waals surface area contributed by atoms with Crippen molar-refractivity contribution < 1.29 is 9.78 Å². The molecule has 76 valence electrons. The highest BCUT2D eigenvalue weighted by Gasteiger charge is 2.37. The van der Waals surface area contributed by atoms with Crippen LogP contribution in [0.15, 0.2) is 12.3 Å². The third kappa shape index (κ3) is 1.71. The molecule has 1 saturated heterocycles. The molecule has 1 aromatic heterocycles. The smallest absolute Gasteiger partial charge is 0.197 e. The first-order chi connectivity index (χ1) is 6.62. The molecular formula is C9H11IN2O2. The van der Waals surface area contributed by atoms with Crippen LogP contribution in [0.4, 0.5) is 5.69 Å². The Morgan fingerprint density at radius 1 is 1.64 bits per heavy atom. The van der Waals surface area contributed by atoms with Gasteiger partial charge in [-0.25, -0.2) is 9.78 Å². The summed E-state index contributed by atoms with van der Waals surface area (Å²) in [4.78, 5) is 14.4. The second-order valence-corrected chi connectivity index (χ2v) is 5.05. The van der Waals surface area contributed by atoms with Gasteiger partial charge in [-0.2, -0.15) is 0 Å². The van der Waals surface area contributed by atoms with Gasteiger partial charge in [0.2, 0.25) is 0 Å². The highest BCUT2D eigenvalue weighted by Crippen LogP contribution is 2.40. The van der Waals surface area contributed by atoms with E-state index in [-0.39, 0.29) is 0 Å². The summed E-state index contributed by atoms with van der Waals surface area (Å²) >= 11 is 2.21. The molecule has 1 aromatic rings. The Balaban J connectivity index is 2.36. The minimum atomic E-state index is -0.448. The summed E-state index contributed by atoms with van der Waals surface area (Å²) in [6.45, 7) is 2.56. The lowest BCUT2D eigenvalue weighted by Crippen LogP contribution is -2.17. The first-order valence-corrected chi connectivity index (χ1v) is 5.42. The van der Waals surface area contributed by atoms with Crippen molar-refractivity contribution in [1.29, 1.82) is 0 Å². The monoisotopic (exact) mass is 306 g/mol. The fourth-order valence-electron chi connectivity index (χ4n) is 1.29. The van der Waals surface area contributed by atoms with E-state index in [0.29, 0.717) is 12.3 Å². The van der Waals surface area contributed by atoms with Crippen molar-refractivity contribution in [2.75, 3.05) is 12.3 Å². The molecule has 0 amide bonds. The van der Waals surface area contributed by atoms with E-state index in [1.165, 1.54) is 0 Å². The first-order valence-electron chi connectivity index (χ1n) is 4.34. The zero-order valence-electron chi connectivity index (χ0n) is 7.79. The largest absolute Gasteiger partial charge is 0.397 e. The van der Waals surface area contributed by atoms with Crippen molar-refractivity contribution in [3.05, 3.63) is 23.5 Å². The van der Waals surface area contributed by atoms with Crippen LogP contribution in [0, 0.1) is 6.92 Å². The van der Waals surface area contributed by atoms with E-state index in [9.17, 15) is 0 Å². The summed E-state index contributed by atoms with van der Waals surface area (Å²) in [6, 6.07) is 1.94. The van der Waals surface area contributed by atoms with Gasteiger partial charge < -0.3 is 5.73 Å². The van der Waals surface area contributed by atoms with Crippen LogP contribution < -0.4 is 5.73 Å². The van der Waals surface area contributed by atoms with Crippen LogP contribution in [0.1, 0.15) is 17.7 Å². The van der Waals surface area contributed by atoms with Crippen molar-refractivity contribution in [2.45, 2.75) is 17.0 Å². The summed E-state index contributed by atoms with van der Waals surface area (Å²) in [5.41, 5.74) is 8.27. The Morgan fingerprint density at radius 3 is 3.00 bits per heavy atom. The van der Waals surface area contributed by atoms with E-state index < -0.39 is 3.61 Å². The molecule has 0 saturated carbocycles. The number of pyridine rings is 1. The fourth-order valence-corrected chi connectivity index (χ4v) is 1.93. The lowest BCUT2D eigenvalue weighted by atomic mass is 10.1. The molecule has 1 aliphatic heterocycles. The third-order valence-electron chi connectivity index (χ3n) is 2.23. The summed E-state index contributed by atoms with van der Waals surface area (Å²) in [6.07, 6.45) is 2.47. The number of aromatic nitrogens is 1. The normalized spacial score (nSPS) is 26.7. The van der Waals surface area contributed by atoms with Crippen LogP contribution in [0.5, 0.6) is 0 Å². The number of nitrogens with two attached hydrogens (primary N) is 1. The van der Waals surface area contributed by atoms with E-state index in [1.54, 1.807) is 6.20 Å². The van der Waals surface area contributed by atoms with Crippen molar-refractivity contribution in [3.63, 3.8) is 0 Å². The maximum Gasteiger partial charge on any atom is 0.197 e. The number of hydrogen-bond acceptors (Lipinski definition) is 4. The Hall–Kier alpha value is -0.400. The van der Waals surface area contributed by atoms with Crippen LogP contribution in [0.25, 0.3) is 0 Å². The van der Waals surface area contributed by atoms with Gasteiger partial charge in [0.1, 0.15) is 0 Å². The molecule has 0 aromatic carbocycles. The minimum absolute atomic E-state index is 0.448. The van der Waals surface area contributed by atoms with Crippen LogP contribution in [0.2, 0.25) is 0 Å². The predicted octanol–water partition coefficient (Wildman–Crippen LogP) is 1.91. The topological polar surface area (TPSA) is 57.4 Å². The quantitative estimate of drug-likeness (QED) is 0.489. The van der Waals surface area contributed by atoms with Gasteiger partial charge in [0.25, 0.3) is 0 Å². The molecule has 2 rings (SSSR count). The van der Waals surface area contributed by atoms with Crippen molar-refractivity contribution in [1.82, 2.24) is 4.98 Å². The first kappa shape index (κ1) is 10.1. The Labute approximate surface area is 95.9 Å². The molecule has 1 atom stereocenters. The van der Waals surface area contributed by atoms with Gasteiger partial charge in [0, 0.05) is 6.42 Å². The maximum atomic E-state index is 5.69. The molecule has 0 radical (unpaired) electrons. The third-order valence-corrected chi connectivity index (χ3v) is 3.50. The molecule has 2 heterocycles. The zero-order chi connectivity index (χ0) is 10.2. The number of nitrogen functional groups attached to an aromatic ring is 1. The Bertz CT molecular complexity index is 351. The lowest BCUT2D eigenvalue weighted by molar-refractivity contribution is -0.283. The number of alkyl halides is 1. The molecule has 14 heavy (non-hydrogen) atoms. The molecule has 2 N–H and O–H groups in total. The molecule has 1 aliphatic rings. The number of nitrogens with zero attached hydrogens (tertiary/aromatic N) is 1. The number of rotatable bonds is 1. The summed E-state index contributed by atoms with van der Waals surface area (Å²) in [7, 11) is 0. The number of hydrogen-bond donors (Lipinski definition) is 1. The van der Waals surface area contributed by atoms with E-state index in [4.69, 9.17) is 15.5 Å². The SMILES string of the molecule is Cc1cc(C2(I)CCOO2)ncc1N. The van der Waals surface area contributed by atoms with Crippen LogP contribution in [-0.4, -0.2) is 11.6 Å². The molecule has 1 fully saturated rings. The highest BCUT2D eigenvalue weighted by molar-refractivity contribution is 14.1. The molecule has 0 aliphatic carbocycles. The summed E-state index contributed by atoms with van der Waals surface area (Å²) in [5, 5.41) is 0. The number of halogens is 1. The fraction of sp³-hybridized carbons (Fsp3) is 0.444. The molecule has 4 nitrogen and oxygen atoms in total. The van der Waals surface area contributed by atoms with E-state index >= 15 is 0 Å². The van der Waals surface area contributed by atoms with Crippen LogP contribution in [0.3, 0.4) is 0 Å². The molecule has 1 unspecified atom stereocenters. The van der Waals surface area contributed by atoms with Gasteiger partial charge in [-0.1, -0.05) is 0 Å². The van der Waals surface area contributed by atoms with Gasteiger partial charge in [0.05, 0.1) is 24.2 Å². The summed E-state index contributed by atoms with van der Waals surface area (Å²) in [5.74, 6) is 0. The van der Waals surface area contributed by atoms with Gasteiger partial charge in [-0.05, 0) is 41.1 Å². The minimum Gasteiger partial charge on any atom is -0.397 e. The Morgan fingerprint density at radius 2 is 2.43 bits per heavy atom. The molecular weight excluding hydrogens is 295 g/mol. The average Bonchev–Trinajstić information content (AvgIpc) is 2.58.